The number of aromatic nitrogens is 3. The Bertz CT molecular complexity index is 870. The molecule has 0 unspecified atom stereocenters. The Morgan fingerprint density at radius 2 is 1.91 bits per heavy atom. The molecular weight excluding hydrogens is 322 g/mol. The van der Waals surface area contributed by atoms with Crippen molar-refractivity contribution in [3.63, 3.8) is 0 Å². The first-order chi connectivity index (χ1) is 10.3. The molecule has 0 bridgehead atoms. The summed E-state index contributed by atoms with van der Waals surface area (Å²) in [5.41, 5.74) is -0.720. The van der Waals surface area contributed by atoms with Gasteiger partial charge in [0.15, 0.2) is 5.65 Å². The molecule has 0 aliphatic rings. The first-order valence-corrected chi connectivity index (χ1v) is 6.51. The minimum Gasteiger partial charge on any atom is -0.250 e. The van der Waals surface area contributed by atoms with E-state index in [9.17, 15) is 17.6 Å². The molecule has 2 heterocycles. The number of hydrogen-bond acceptors (Lipinski definition) is 2. The Hall–Kier alpha value is -2.15. The fourth-order valence-electron chi connectivity index (χ4n) is 2.28. The maximum absolute atomic E-state index is 13.4. The van der Waals surface area contributed by atoms with Gasteiger partial charge in [-0.2, -0.15) is 18.3 Å². The molecule has 3 aromatic rings. The van der Waals surface area contributed by atoms with Crippen molar-refractivity contribution in [3.05, 3.63) is 46.9 Å². The van der Waals surface area contributed by atoms with Crippen LogP contribution >= 0.6 is 11.6 Å². The van der Waals surface area contributed by atoms with Crippen molar-refractivity contribution in [3.8, 4) is 11.3 Å². The maximum atomic E-state index is 13.4. The zero-order chi connectivity index (χ0) is 16.1. The van der Waals surface area contributed by atoms with Crippen molar-refractivity contribution >= 4 is 22.6 Å². The normalized spacial score (nSPS) is 12.1. The molecule has 1 aromatic carbocycles. The number of nitrogens with zero attached hydrogens (tertiary/aromatic N) is 3. The summed E-state index contributed by atoms with van der Waals surface area (Å²) in [6.07, 6.45) is -4.63. The van der Waals surface area contributed by atoms with Gasteiger partial charge in [0.1, 0.15) is 16.7 Å². The van der Waals surface area contributed by atoms with Gasteiger partial charge in [-0.3, -0.25) is 0 Å². The van der Waals surface area contributed by atoms with Crippen molar-refractivity contribution in [1.29, 1.82) is 0 Å². The van der Waals surface area contributed by atoms with Crippen LogP contribution in [0.15, 0.2) is 30.3 Å². The minimum atomic E-state index is -4.63. The molecule has 0 aliphatic heterocycles. The van der Waals surface area contributed by atoms with E-state index in [0.29, 0.717) is 0 Å². The van der Waals surface area contributed by atoms with Crippen molar-refractivity contribution < 1.29 is 17.6 Å². The molecule has 22 heavy (non-hydrogen) atoms. The van der Waals surface area contributed by atoms with E-state index >= 15 is 0 Å². The van der Waals surface area contributed by atoms with Crippen LogP contribution in [-0.2, 0) is 13.2 Å². The largest absolute Gasteiger partial charge is 0.417 e. The highest BCUT2D eigenvalue weighted by Gasteiger charge is 2.36. The third-order valence-corrected chi connectivity index (χ3v) is 3.36. The van der Waals surface area contributed by atoms with E-state index in [1.54, 1.807) is 0 Å². The second kappa shape index (κ2) is 4.95. The highest BCUT2D eigenvalue weighted by molar-refractivity contribution is 6.30. The lowest BCUT2D eigenvalue weighted by atomic mass is 10.0. The molecule has 3 nitrogen and oxygen atoms in total. The van der Waals surface area contributed by atoms with Gasteiger partial charge in [-0.1, -0.05) is 23.7 Å². The second-order valence-corrected chi connectivity index (χ2v) is 5.06. The third-order valence-electron chi connectivity index (χ3n) is 3.17. The van der Waals surface area contributed by atoms with E-state index in [0.717, 1.165) is 12.1 Å². The molecular formula is C14H8ClF4N3. The van der Waals surface area contributed by atoms with Crippen LogP contribution < -0.4 is 0 Å². The molecule has 8 heteroatoms. The Morgan fingerprint density at radius 1 is 1.18 bits per heavy atom. The van der Waals surface area contributed by atoms with Gasteiger partial charge in [-0.25, -0.2) is 14.1 Å². The SMILES string of the molecule is Cn1nc(-c2cccc(F)c2)c2c(C(F)(F)F)cc(Cl)nc21. The third kappa shape index (κ3) is 2.41. The van der Waals surface area contributed by atoms with Crippen LogP contribution in [0.1, 0.15) is 5.56 Å². The molecule has 0 N–H and O–H groups in total. The number of benzene rings is 1. The Kier molecular flexibility index (Phi) is 3.32. The molecule has 0 radical (unpaired) electrons. The second-order valence-electron chi connectivity index (χ2n) is 4.67. The van der Waals surface area contributed by atoms with Crippen LogP contribution in [-0.4, -0.2) is 14.8 Å². The minimum absolute atomic E-state index is 0.00786. The molecule has 0 fully saturated rings. The van der Waals surface area contributed by atoms with Gasteiger partial charge < -0.3 is 0 Å². The zero-order valence-corrected chi connectivity index (χ0v) is 11.9. The number of pyridine rings is 1. The maximum Gasteiger partial charge on any atom is 0.417 e. The van der Waals surface area contributed by atoms with Gasteiger partial charge in [0, 0.05) is 12.6 Å². The summed E-state index contributed by atoms with van der Waals surface area (Å²) in [5, 5.41) is 3.56. The molecule has 0 spiro atoms. The average Bonchev–Trinajstić information content (AvgIpc) is 2.74. The summed E-state index contributed by atoms with van der Waals surface area (Å²) in [4.78, 5) is 3.89. The van der Waals surface area contributed by atoms with Crippen molar-refractivity contribution in [2.24, 2.45) is 7.05 Å². The number of hydrogen-bond donors (Lipinski definition) is 0. The number of alkyl halides is 3. The number of aryl methyl sites for hydroxylation is 1. The van der Waals surface area contributed by atoms with Crippen LogP contribution in [0, 0.1) is 5.82 Å². The molecule has 2 aromatic heterocycles. The summed E-state index contributed by atoms with van der Waals surface area (Å²) >= 11 is 5.67. The number of fused-ring (bicyclic) bond motifs is 1. The molecule has 114 valence electrons. The van der Waals surface area contributed by atoms with E-state index in [4.69, 9.17) is 11.6 Å². The van der Waals surface area contributed by atoms with E-state index < -0.39 is 17.6 Å². The van der Waals surface area contributed by atoms with Gasteiger partial charge in [-0.15, -0.1) is 0 Å². The van der Waals surface area contributed by atoms with E-state index in [-0.39, 0.29) is 27.4 Å². The van der Waals surface area contributed by atoms with Gasteiger partial charge in [0.2, 0.25) is 0 Å². The van der Waals surface area contributed by atoms with Crippen molar-refractivity contribution in [2.75, 3.05) is 0 Å². The van der Waals surface area contributed by atoms with Gasteiger partial charge in [0.25, 0.3) is 0 Å². The average molecular weight is 330 g/mol. The van der Waals surface area contributed by atoms with Crippen molar-refractivity contribution in [1.82, 2.24) is 14.8 Å². The number of rotatable bonds is 1. The molecule has 0 saturated heterocycles. The first kappa shape index (κ1) is 14.8. The van der Waals surface area contributed by atoms with Crippen LogP contribution in [0.25, 0.3) is 22.3 Å². The lowest BCUT2D eigenvalue weighted by Gasteiger charge is -2.09. The predicted molar refractivity (Wildman–Crippen MR) is 73.9 cm³/mol. The van der Waals surface area contributed by atoms with E-state index in [2.05, 4.69) is 10.1 Å². The molecule has 0 amide bonds. The fourth-order valence-corrected chi connectivity index (χ4v) is 2.47. The number of halogens is 5. The standard InChI is InChI=1S/C14H8ClF4N3/c1-22-13-11(9(14(17,18)19)6-10(15)20-13)12(21-22)7-3-2-4-8(16)5-7/h2-6H,1H3. The van der Waals surface area contributed by atoms with Gasteiger partial charge >= 0.3 is 6.18 Å². The Labute approximate surface area is 127 Å². The zero-order valence-electron chi connectivity index (χ0n) is 11.1. The highest BCUT2D eigenvalue weighted by atomic mass is 35.5. The summed E-state index contributed by atoms with van der Waals surface area (Å²) in [7, 11) is 1.45. The first-order valence-electron chi connectivity index (χ1n) is 6.14. The smallest absolute Gasteiger partial charge is 0.250 e. The topological polar surface area (TPSA) is 30.7 Å². The van der Waals surface area contributed by atoms with Crippen LogP contribution in [0.5, 0.6) is 0 Å². The summed E-state index contributed by atoms with van der Waals surface area (Å²) < 4.78 is 54.4. The van der Waals surface area contributed by atoms with Gasteiger partial charge in [0.05, 0.1) is 10.9 Å². The summed E-state index contributed by atoms with van der Waals surface area (Å²) in [6, 6.07) is 5.96. The Morgan fingerprint density at radius 3 is 2.55 bits per heavy atom. The predicted octanol–water partition coefficient (Wildman–Crippen LogP) is 4.45. The van der Waals surface area contributed by atoms with Crippen LogP contribution in [0.2, 0.25) is 5.15 Å². The fraction of sp³-hybridized carbons (Fsp3) is 0.143. The summed E-state index contributed by atoms with van der Waals surface area (Å²) in [5.74, 6) is -0.563. The van der Waals surface area contributed by atoms with E-state index in [1.807, 2.05) is 0 Å². The monoisotopic (exact) mass is 329 g/mol. The molecule has 0 aliphatic carbocycles. The van der Waals surface area contributed by atoms with Crippen molar-refractivity contribution in [2.45, 2.75) is 6.18 Å². The molecule has 0 saturated carbocycles. The lowest BCUT2D eigenvalue weighted by molar-refractivity contribution is -0.136. The van der Waals surface area contributed by atoms with Gasteiger partial charge in [-0.05, 0) is 18.2 Å². The molecule has 3 rings (SSSR count). The Balaban J connectivity index is 2.42. The van der Waals surface area contributed by atoms with E-state index in [1.165, 1.54) is 29.9 Å². The lowest BCUT2D eigenvalue weighted by Crippen LogP contribution is -2.07. The van der Waals surface area contributed by atoms with Crippen LogP contribution in [0.3, 0.4) is 0 Å². The van der Waals surface area contributed by atoms with Crippen LogP contribution in [0.4, 0.5) is 17.6 Å². The summed E-state index contributed by atoms with van der Waals surface area (Å²) in [6.45, 7) is 0. The quantitative estimate of drug-likeness (QED) is 0.488. The molecule has 0 atom stereocenters. The highest BCUT2D eigenvalue weighted by Crippen LogP contribution is 2.39.